The predicted molar refractivity (Wildman–Crippen MR) is 65.1 cm³/mol. The second-order valence-electron chi connectivity index (χ2n) is 4.75. The molecule has 4 N–H and O–H groups in total. The lowest BCUT2D eigenvalue weighted by atomic mass is 9.89. The molecule has 1 spiro atoms. The average Bonchev–Trinajstić information content (AvgIpc) is 2.64. The third-order valence-corrected chi connectivity index (χ3v) is 3.35. The average molecular weight is 270 g/mol. The maximum atomic E-state index is 11.9. The van der Waals surface area contributed by atoms with Crippen LogP contribution in [-0.2, 0) is 14.3 Å². The highest BCUT2D eigenvalue weighted by atomic mass is 16.5. The Hall–Kier alpha value is -1.67. The minimum absolute atomic E-state index is 0.0527. The Bertz CT molecular complexity index is 400. The number of nitrogens with zero attached hydrogens (tertiary/aromatic N) is 1. The van der Waals surface area contributed by atoms with Crippen molar-refractivity contribution in [1.29, 1.82) is 0 Å². The molecule has 2 aliphatic heterocycles. The first-order valence-corrected chi connectivity index (χ1v) is 6.26. The number of likely N-dealkylation sites (tertiary alicyclic amines) is 1. The zero-order valence-corrected chi connectivity index (χ0v) is 10.6. The number of piperidine rings is 1. The fraction of sp³-hybridized carbons (Fsp3) is 0.727. The van der Waals surface area contributed by atoms with Crippen LogP contribution in [0.15, 0.2) is 0 Å². The van der Waals surface area contributed by atoms with Crippen molar-refractivity contribution in [3.63, 3.8) is 0 Å². The molecule has 0 bridgehead atoms. The summed E-state index contributed by atoms with van der Waals surface area (Å²) in [5.41, 5.74) is 4.30. The standard InChI is InChI=1S/C11H18N4O4/c12-3-5-19-6-8(16)15-4-1-2-11(7-15)9(17)13-10(18)14-11/h1-7,12H2,(H2,13,14,17,18). The van der Waals surface area contributed by atoms with Gasteiger partial charge >= 0.3 is 6.03 Å². The number of ether oxygens (including phenoxy) is 1. The smallest absolute Gasteiger partial charge is 0.322 e. The second kappa shape index (κ2) is 5.54. The van der Waals surface area contributed by atoms with Gasteiger partial charge in [-0.05, 0) is 12.8 Å². The van der Waals surface area contributed by atoms with Gasteiger partial charge < -0.3 is 20.7 Å². The summed E-state index contributed by atoms with van der Waals surface area (Å²) in [6.07, 6.45) is 1.20. The number of amides is 4. The summed E-state index contributed by atoms with van der Waals surface area (Å²) in [7, 11) is 0. The number of nitrogens with two attached hydrogens (primary N) is 1. The van der Waals surface area contributed by atoms with E-state index in [2.05, 4.69) is 10.6 Å². The number of hydrogen-bond acceptors (Lipinski definition) is 5. The van der Waals surface area contributed by atoms with Crippen LogP contribution >= 0.6 is 0 Å². The molecule has 0 aromatic heterocycles. The number of rotatable bonds is 4. The summed E-state index contributed by atoms with van der Waals surface area (Å²) in [4.78, 5) is 36.5. The zero-order valence-electron chi connectivity index (χ0n) is 10.6. The van der Waals surface area contributed by atoms with E-state index in [1.807, 2.05) is 0 Å². The van der Waals surface area contributed by atoms with E-state index in [0.717, 1.165) is 0 Å². The summed E-state index contributed by atoms with van der Waals surface area (Å²) in [6, 6.07) is -0.501. The first-order chi connectivity index (χ1) is 9.07. The third-order valence-electron chi connectivity index (χ3n) is 3.35. The van der Waals surface area contributed by atoms with E-state index >= 15 is 0 Å². The van der Waals surface area contributed by atoms with Gasteiger partial charge in [-0.25, -0.2) is 4.79 Å². The summed E-state index contributed by atoms with van der Waals surface area (Å²) in [5.74, 6) is -0.556. The van der Waals surface area contributed by atoms with Crippen molar-refractivity contribution < 1.29 is 19.1 Å². The van der Waals surface area contributed by atoms with Crippen molar-refractivity contribution in [1.82, 2.24) is 15.5 Å². The molecule has 4 amide bonds. The summed E-state index contributed by atoms with van der Waals surface area (Å²) in [6.45, 7) is 1.38. The van der Waals surface area contributed by atoms with Gasteiger partial charge in [0.05, 0.1) is 13.2 Å². The molecule has 1 unspecified atom stereocenters. The van der Waals surface area contributed by atoms with Crippen molar-refractivity contribution in [2.75, 3.05) is 32.8 Å². The molecule has 2 saturated heterocycles. The van der Waals surface area contributed by atoms with Crippen LogP contribution in [0.2, 0.25) is 0 Å². The molecular weight excluding hydrogens is 252 g/mol. The Balaban J connectivity index is 1.95. The minimum Gasteiger partial charge on any atom is -0.370 e. The van der Waals surface area contributed by atoms with Gasteiger partial charge in [-0.2, -0.15) is 0 Å². The molecular formula is C11H18N4O4. The SMILES string of the molecule is NCCOCC(=O)N1CCCC2(C1)NC(=O)NC2=O. The van der Waals surface area contributed by atoms with Gasteiger partial charge in [-0.3, -0.25) is 14.9 Å². The largest absolute Gasteiger partial charge is 0.370 e. The summed E-state index contributed by atoms with van der Waals surface area (Å²) in [5, 5.41) is 4.83. The zero-order chi connectivity index (χ0) is 13.9. The Morgan fingerprint density at radius 1 is 1.47 bits per heavy atom. The number of imide groups is 1. The lowest BCUT2D eigenvalue weighted by Gasteiger charge is -2.37. The van der Waals surface area contributed by atoms with E-state index in [0.29, 0.717) is 32.5 Å². The number of hydrogen-bond donors (Lipinski definition) is 3. The van der Waals surface area contributed by atoms with Crippen molar-refractivity contribution >= 4 is 17.8 Å². The quantitative estimate of drug-likeness (QED) is 0.410. The van der Waals surface area contributed by atoms with Crippen molar-refractivity contribution in [3.05, 3.63) is 0 Å². The van der Waals surface area contributed by atoms with Crippen molar-refractivity contribution in [3.8, 4) is 0 Å². The van der Waals surface area contributed by atoms with Gasteiger partial charge in [0.1, 0.15) is 12.1 Å². The Kier molecular flexibility index (Phi) is 4.01. The van der Waals surface area contributed by atoms with Crippen LogP contribution in [-0.4, -0.2) is 61.1 Å². The van der Waals surface area contributed by atoms with E-state index in [4.69, 9.17) is 10.5 Å². The van der Waals surface area contributed by atoms with Crippen LogP contribution < -0.4 is 16.4 Å². The molecule has 0 saturated carbocycles. The Morgan fingerprint density at radius 2 is 2.26 bits per heavy atom. The lowest BCUT2D eigenvalue weighted by molar-refractivity contribution is -0.140. The molecule has 8 nitrogen and oxygen atoms in total. The normalized spacial score (nSPS) is 26.5. The molecule has 19 heavy (non-hydrogen) atoms. The van der Waals surface area contributed by atoms with Crippen molar-refractivity contribution in [2.45, 2.75) is 18.4 Å². The van der Waals surface area contributed by atoms with Gasteiger partial charge in [-0.15, -0.1) is 0 Å². The van der Waals surface area contributed by atoms with Gasteiger partial charge in [0.15, 0.2) is 0 Å². The van der Waals surface area contributed by atoms with E-state index < -0.39 is 11.6 Å². The molecule has 8 heteroatoms. The second-order valence-corrected chi connectivity index (χ2v) is 4.75. The molecule has 0 radical (unpaired) electrons. The maximum Gasteiger partial charge on any atom is 0.322 e. The molecule has 106 valence electrons. The molecule has 0 aromatic rings. The topological polar surface area (TPSA) is 114 Å². The van der Waals surface area contributed by atoms with E-state index in [1.54, 1.807) is 4.90 Å². The molecule has 2 fully saturated rings. The number of carbonyl (C=O) groups is 3. The Labute approximate surface area is 110 Å². The van der Waals surface area contributed by atoms with Gasteiger partial charge in [-0.1, -0.05) is 0 Å². The first-order valence-electron chi connectivity index (χ1n) is 6.26. The molecule has 0 aliphatic carbocycles. The molecule has 0 aromatic carbocycles. The third kappa shape index (κ3) is 2.85. The van der Waals surface area contributed by atoms with Gasteiger partial charge in [0, 0.05) is 13.1 Å². The highest BCUT2D eigenvalue weighted by molar-refractivity contribution is 6.07. The molecule has 2 aliphatic rings. The highest BCUT2D eigenvalue weighted by Crippen LogP contribution is 2.24. The molecule has 2 heterocycles. The fourth-order valence-corrected chi connectivity index (χ4v) is 2.42. The maximum absolute atomic E-state index is 11.9. The van der Waals surface area contributed by atoms with E-state index in [1.165, 1.54) is 0 Å². The van der Waals surface area contributed by atoms with E-state index in [9.17, 15) is 14.4 Å². The summed E-state index contributed by atoms with van der Waals surface area (Å²) < 4.78 is 5.09. The predicted octanol–water partition coefficient (Wildman–Crippen LogP) is -1.84. The monoisotopic (exact) mass is 270 g/mol. The Morgan fingerprint density at radius 3 is 2.89 bits per heavy atom. The van der Waals surface area contributed by atoms with Gasteiger partial charge in [0.25, 0.3) is 5.91 Å². The van der Waals surface area contributed by atoms with Crippen LogP contribution in [0.25, 0.3) is 0 Å². The number of carbonyl (C=O) groups excluding carboxylic acids is 3. The van der Waals surface area contributed by atoms with Crippen LogP contribution in [0, 0.1) is 0 Å². The minimum atomic E-state index is -0.973. The van der Waals surface area contributed by atoms with Gasteiger partial charge in [0.2, 0.25) is 5.91 Å². The van der Waals surface area contributed by atoms with Crippen LogP contribution in [0.3, 0.4) is 0 Å². The first kappa shape index (κ1) is 13.8. The fourth-order valence-electron chi connectivity index (χ4n) is 2.42. The molecule has 1 atom stereocenters. The lowest BCUT2D eigenvalue weighted by Crippen LogP contribution is -2.60. The highest BCUT2D eigenvalue weighted by Gasteiger charge is 2.49. The van der Waals surface area contributed by atoms with Crippen LogP contribution in [0.4, 0.5) is 4.79 Å². The van der Waals surface area contributed by atoms with E-state index in [-0.39, 0.29) is 25.0 Å². The van der Waals surface area contributed by atoms with Crippen molar-refractivity contribution in [2.24, 2.45) is 5.73 Å². The summed E-state index contributed by atoms with van der Waals surface area (Å²) >= 11 is 0. The number of nitrogens with one attached hydrogen (secondary N) is 2. The molecule has 2 rings (SSSR count). The van der Waals surface area contributed by atoms with Crippen LogP contribution in [0.1, 0.15) is 12.8 Å². The van der Waals surface area contributed by atoms with Crippen LogP contribution in [0.5, 0.6) is 0 Å². The number of urea groups is 1.